The minimum absolute atomic E-state index is 0.103. The van der Waals surface area contributed by atoms with E-state index in [2.05, 4.69) is 0 Å². The zero-order valence-electron chi connectivity index (χ0n) is 18.3. The number of Topliss-reactive ketones (excluding diaryl/α,β-unsaturated/α-hetero) is 3. The van der Waals surface area contributed by atoms with Crippen LogP contribution in [0.4, 0.5) is 0 Å². The van der Waals surface area contributed by atoms with Gasteiger partial charge in [-0.1, -0.05) is 0 Å². The molecule has 0 bridgehead atoms. The normalized spacial score (nSPS) is 20.2. The van der Waals surface area contributed by atoms with Gasteiger partial charge in [0.1, 0.15) is 28.2 Å². The highest BCUT2D eigenvalue weighted by Crippen LogP contribution is 2.50. The monoisotopic (exact) mass is 490 g/mol. The molecule has 1 aliphatic carbocycles. The second kappa shape index (κ2) is 6.81. The third-order valence-corrected chi connectivity index (χ3v) is 6.56. The van der Waals surface area contributed by atoms with Gasteiger partial charge in [0.05, 0.1) is 16.7 Å². The first-order chi connectivity index (χ1) is 17.1. The maximum atomic E-state index is 13.5. The number of phenols is 3. The molecule has 36 heavy (non-hydrogen) atoms. The van der Waals surface area contributed by atoms with Crippen LogP contribution in [-0.4, -0.2) is 44.7 Å². The second-order valence-corrected chi connectivity index (χ2v) is 8.67. The van der Waals surface area contributed by atoms with Gasteiger partial charge in [-0.05, 0) is 42.5 Å². The minimum Gasteiger partial charge on any atom is -0.507 e. The molecule has 0 fully saturated rings. The van der Waals surface area contributed by atoms with Crippen LogP contribution in [0.15, 0.2) is 38.7 Å². The van der Waals surface area contributed by atoms with Crippen LogP contribution in [0, 0.1) is 6.92 Å². The summed E-state index contributed by atoms with van der Waals surface area (Å²) in [5.41, 5.74) is -2.84. The van der Waals surface area contributed by atoms with E-state index in [9.17, 15) is 39.3 Å². The molecule has 1 atom stereocenters. The summed E-state index contributed by atoms with van der Waals surface area (Å²) in [6.07, 6.45) is 0.128. The van der Waals surface area contributed by atoms with Crippen molar-refractivity contribution in [2.24, 2.45) is 0 Å². The third kappa shape index (κ3) is 2.53. The average Bonchev–Trinajstić information content (AvgIpc) is 3.11. The fourth-order valence-electron chi connectivity index (χ4n) is 4.93. The Bertz CT molecular complexity index is 1720. The number of hydrogen-bond donors (Lipinski definition) is 3. The fourth-order valence-corrected chi connectivity index (χ4v) is 4.93. The second-order valence-electron chi connectivity index (χ2n) is 8.67. The van der Waals surface area contributed by atoms with E-state index in [1.165, 1.54) is 0 Å². The average molecular weight is 490 g/mol. The van der Waals surface area contributed by atoms with Crippen molar-refractivity contribution >= 4 is 34.4 Å². The molecule has 2 aliphatic heterocycles. The number of aromatic hydroxyl groups is 3. The van der Waals surface area contributed by atoms with Crippen molar-refractivity contribution in [1.82, 2.24) is 0 Å². The lowest BCUT2D eigenvalue weighted by molar-refractivity contribution is -0.171. The molecular weight excluding hydrogens is 476 g/mol. The van der Waals surface area contributed by atoms with Gasteiger partial charge in [0.15, 0.2) is 23.5 Å². The number of ether oxygens (including phenoxy) is 2. The molecule has 0 saturated carbocycles. The summed E-state index contributed by atoms with van der Waals surface area (Å²) in [7, 11) is 0. The molecule has 180 valence electrons. The van der Waals surface area contributed by atoms with E-state index >= 15 is 0 Å². The summed E-state index contributed by atoms with van der Waals surface area (Å²) in [5.74, 6) is -8.30. The Hall–Kier alpha value is -4.93. The zero-order valence-corrected chi connectivity index (χ0v) is 18.3. The summed E-state index contributed by atoms with van der Waals surface area (Å²) < 4.78 is 16.5. The Labute approximate surface area is 199 Å². The van der Waals surface area contributed by atoms with Gasteiger partial charge in [-0.25, -0.2) is 4.79 Å². The van der Waals surface area contributed by atoms with Gasteiger partial charge in [0.25, 0.3) is 5.78 Å². The molecule has 1 spiro atoms. The minimum atomic E-state index is -2.22. The van der Waals surface area contributed by atoms with Crippen LogP contribution in [0.1, 0.15) is 48.8 Å². The van der Waals surface area contributed by atoms with E-state index in [1.54, 1.807) is 19.1 Å². The first-order valence-corrected chi connectivity index (χ1v) is 10.7. The summed E-state index contributed by atoms with van der Waals surface area (Å²) in [6, 6.07) is 3.95. The molecule has 0 unspecified atom stereocenters. The largest absolute Gasteiger partial charge is 0.507 e. The van der Waals surface area contributed by atoms with Gasteiger partial charge < -0.3 is 29.2 Å². The Kier molecular flexibility index (Phi) is 4.09. The van der Waals surface area contributed by atoms with Gasteiger partial charge in [-0.3, -0.25) is 19.2 Å². The highest BCUT2D eigenvalue weighted by molar-refractivity contribution is 6.40. The number of aldehydes is 1. The van der Waals surface area contributed by atoms with E-state index in [0.29, 0.717) is 16.7 Å². The molecule has 3 heterocycles. The lowest BCUT2D eigenvalue weighted by Gasteiger charge is -2.34. The number of allylic oxidation sites excluding steroid dienone is 1. The maximum absolute atomic E-state index is 13.5. The van der Waals surface area contributed by atoms with Gasteiger partial charge in [-0.15, -0.1) is 0 Å². The number of hydrogen-bond acceptors (Lipinski definition) is 11. The van der Waals surface area contributed by atoms with E-state index in [-0.39, 0.29) is 30.3 Å². The van der Waals surface area contributed by atoms with Crippen molar-refractivity contribution in [3.8, 4) is 23.0 Å². The van der Waals surface area contributed by atoms with Crippen molar-refractivity contribution in [2.45, 2.75) is 25.6 Å². The smallest absolute Gasteiger partial charge is 0.347 e. The maximum Gasteiger partial charge on any atom is 0.347 e. The lowest BCUT2D eigenvalue weighted by atomic mass is 9.83. The summed E-state index contributed by atoms with van der Waals surface area (Å²) in [4.78, 5) is 63.4. The number of phenolic OH excluding ortho intramolecular Hbond substituents is 3. The summed E-state index contributed by atoms with van der Waals surface area (Å²) in [6.45, 7) is 1.57. The van der Waals surface area contributed by atoms with Crippen LogP contribution in [0.2, 0.25) is 0 Å². The van der Waals surface area contributed by atoms with Crippen LogP contribution < -0.4 is 10.4 Å². The fraction of sp³-hybridized carbons (Fsp3) is 0.160. The van der Waals surface area contributed by atoms with Gasteiger partial charge in [0.2, 0.25) is 11.6 Å². The third-order valence-electron chi connectivity index (χ3n) is 6.56. The molecule has 11 nitrogen and oxygen atoms in total. The molecule has 6 rings (SSSR count). The Morgan fingerprint density at radius 3 is 2.42 bits per heavy atom. The number of ketones is 3. The Balaban J connectivity index is 1.48. The number of rotatable bonds is 1. The molecule has 0 radical (unpaired) electrons. The Morgan fingerprint density at radius 2 is 1.69 bits per heavy atom. The number of carbonyl (C=O) groups is 4. The molecule has 2 aromatic carbocycles. The highest BCUT2D eigenvalue weighted by Gasteiger charge is 2.59. The number of aryl methyl sites for hydroxylation is 2. The molecular formula is C25H14O11. The van der Waals surface area contributed by atoms with Crippen molar-refractivity contribution in [1.29, 1.82) is 0 Å². The first kappa shape index (κ1) is 21.6. The number of carbonyl (C=O) groups excluding carboxylic acids is 4. The topological polar surface area (TPSA) is 178 Å². The molecule has 3 aliphatic rings. The van der Waals surface area contributed by atoms with Gasteiger partial charge in [0, 0.05) is 6.42 Å². The Morgan fingerprint density at radius 1 is 0.944 bits per heavy atom. The van der Waals surface area contributed by atoms with Crippen LogP contribution in [0.5, 0.6) is 23.0 Å². The number of benzene rings is 2. The van der Waals surface area contributed by atoms with Gasteiger partial charge in [-0.2, -0.15) is 0 Å². The van der Waals surface area contributed by atoms with E-state index < -0.39 is 74.0 Å². The highest BCUT2D eigenvalue weighted by atomic mass is 16.7. The molecule has 3 N–H and O–H groups in total. The SMILES string of the molecule is Cc1cc2cc3c(c(O)c2c(=O)o1)O[C@]1(CC3)OC2=C(C(=O)c3c(O)cc(C=O)c(O)c3C2=O)C1=O. The zero-order chi connectivity index (χ0) is 25.7. The summed E-state index contributed by atoms with van der Waals surface area (Å²) >= 11 is 0. The van der Waals surface area contributed by atoms with Crippen molar-refractivity contribution < 1.29 is 48.4 Å². The molecule has 0 saturated heterocycles. The molecule has 1 aromatic heterocycles. The molecule has 3 aromatic rings. The van der Waals surface area contributed by atoms with Crippen molar-refractivity contribution in [3.63, 3.8) is 0 Å². The lowest BCUT2D eigenvalue weighted by Crippen LogP contribution is -2.47. The molecule has 11 heteroatoms. The number of fused-ring (bicyclic) bond motifs is 3. The van der Waals surface area contributed by atoms with E-state index in [4.69, 9.17) is 13.9 Å². The van der Waals surface area contributed by atoms with Crippen LogP contribution in [0.3, 0.4) is 0 Å². The van der Waals surface area contributed by atoms with Crippen molar-refractivity contribution in [3.05, 3.63) is 68.0 Å². The standard InChI is InChI=1S/C25H14O11/c1-8-4-10-5-9-2-3-25(35-21(9)19(30)13(10)24(33)34-8)23(32)16-18(29)14-12(27)6-11(7-26)17(28)15(14)20(31)22(16)36-25/h4-7,27-28,30H,2-3H2,1H3/t25-/m1/s1. The quantitative estimate of drug-likeness (QED) is 0.258. The van der Waals surface area contributed by atoms with Crippen LogP contribution >= 0.6 is 0 Å². The first-order valence-electron chi connectivity index (χ1n) is 10.7. The predicted molar refractivity (Wildman–Crippen MR) is 118 cm³/mol. The van der Waals surface area contributed by atoms with Gasteiger partial charge >= 0.3 is 11.4 Å². The van der Waals surface area contributed by atoms with Crippen LogP contribution in [-0.2, 0) is 16.0 Å². The molecule has 0 amide bonds. The predicted octanol–water partition coefficient (Wildman–Crippen LogP) is 1.98. The van der Waals surface area contributed by atoms with Crippen LogP contribution in [0.25, 0.3) is 10.8 Å². The summed E-state index contributed by atoms with van der Waals surface area (Å²) in [5, 5.41) is 31.7. The van der Waals surface area contributed by atoms with E-state index in [0.717, 1.165) is 6.07 Å². The van der Waals surface area contributed by atoms with Crippen molar-refractivity contribution in [2.75, 3.05) is 0 Å². The van der Waals surface area contributed by atoms with E-state index in [1.807, 2.05) is 0 Å².